The van der Waals surface area contributed by atoms with Gasteiger partial charge in [0.15, 0.2) is 0 Å². The van der Waals surface area contributed by atoms with Crippen LogP contribution in [0.5, 0.6) is 0 Å². The molecule has 0 aliphatic rings. The van der Waals surface area contributed by atoms with Gasteiger partial charge in [0.05, 0.1) is 0 Å². The summed E-state index contributed by atoms with van der Waals surface area (Å²) in [6.07, 6.45) is 58.4. The van der Waals surface area contributed by atoms with Gasteiger partial charge in [-0.15, -0.1) is 0 Å². The van der Waals surface area contributed by atoms with Gasteiger partial charge in [-0.05, 0) is 64.2 Å². The van der Waals surface area contributed by atoms with Crippen LogP contribution in [0.25, 0.3) is 0 Å². The molecule has 0 aromatic carbocycles. The van der Waals surface area contributed by atoms with Crippen molar-refractivity contribution in [1.29, 1.82) is 0 Å². The maximum Gasteiger partial charge on any atom is 2.00 e. The maximum atomic E-state index is 12.3. The second-order valence-corrected chi connectivity index (χ2v) is 21.3. The Kier molecular flexibility index (Phi) is 65.2. The summed E-state index contributed by atoms with van der Waals surface area (Å²) in [6, 6.07) is 0. The smallest absolute Gasteiger partial charge is 0.550 e. The van der Waals surface area contributed by atoms with Crippen LogP contribution in [0.15, 0.2) is 0 Å². The van der Waals surface area contributed by atoms with Gasteiger partial charge in [-0.1, -0.05) is 285 Å². The van der Waals surface area contributed by atoms with E-state index >= 15 is 0 Å². The standard InChI is InChI=1S/2C31H60O4.Zn/c2*1-3-5-7-9-11-13-15-16-17-19-21-23-25-29(27-28-30(32)33)35-31(34)26-24-22-20-18-14-12-10-8-6-4-2;/h2*29H,3-28H2,1-2H3,(H,32,33);/q;;+2/p-2. The first-order chi connectivity index (χ1) is 34.2. The zero-order chi connectivity index (χ0) is 51.6. The maximum absolute atomic E-state index is 12.3. The largest absolute Gasteiger partial charge is 2.00 e. The van der Waals surface area contributed by atoms with E-state index in [1.54, 1.807) is 0 Å². The Bertz CT molecular complexity index is 1020. The van der Waals surface area contributed by atoms with Gasteiger partial charge in [-0.25, -0.2) is 0 Å². The summed E-state index contributed by atoms with van der Waals surface area (Å²) in [5, 5.41) is 21.8. The van der Waals surface area contributed by atoms with Crippen LogP contribution in [0.2, 0.25) is 0 Å². The molecular weight excluding hydrogens is 938 g/mol. The van der Waals surface area contributed by atoms with Crippen LogP contribution >= 0.6 is 0 Å². The number of aliphatic carboxylic acids is 2. The third-order valence-electron chi connectivity index (χ3n) is 14.2. The minimum absolute atomic E-state index is 0. The number of carboxylic acids is 2. The quantitative estimate of drug-likeness (QED) is 0.0334. The van der Waals surface area contributed by atoms with Crippen LogP contribution < -0.4 is 10.2 Å². The van der Waals surface area contributed by atoms with Crippen LogP contribution in [0.1, 0.15) is 362 Å². The van der Waals surface area contributed by atoms with E-state index in [4.69, 9.17) is 9.47 Å². The van der Waals surface area contributed by atoms with Gasteiger partial charge in [0.25, 0.3) is 0 Å². The average molecular weight is 1060 g/mol. The summed E-state index contributed by atoms with van der Waals surface area (Å²) in [4.78, 5) is 46.3. The van der Waals surface area contributed by atoms with E-state index in [-0.39, 0.29) is 56.5 Å². The molecule has 0 amide bonds. The first-order valence-corrected chi connectivity index (χ1v) is 31.0. The van der Waals surface area contributed by atoms with Crippen molar-refractivity contribution in [1.82, 2.24) is 0 Å². The molecule has 0 spiro atoms. The summed E-state index contributed by atoms with van der Waals surface area (Å²) in [7, 11) is 0. The van der Waals surface area contributed by atoms with Gasteiger partial charge in [-0.3, -0.25) is 9.59 Å². The molecule has 0 heterocycles. The SMILES string of the molecule is CCCCCCCCCCCCCCC(CCC(=O)[O-])OC(=O)CCCCCCCCCCCC.CCCCCCCCCCCCCCC(CCC(=O)[O-])OC(=O)CCCCCCCCCCCC.[Zn+2]. The van der Waals surface area contributed by atoms with Crippen LogP contribution in [0, 0.1) is 0 Å². The minimum atomic E-state index is -1.06. The molecule has 0 saturated heterocycles. The number of carboxylic acid groups (broad SMARTS) is 2. The number of rotatable bonds is 56. The van der Waals surface area contributed by atoms with Crippen molar-refractivity contribution in [2.75, 3.05) is 0 Å². The Morgan fingerprint density at radius 1 is 0.268 bits per heavy atom. The molecule has 9 heteroatoms. The third kappa shape index (κ3) is 64.6. The fourth-order valence-corrected chi connectivity index (χ4v) is 9.51. The first-order valence-electron chi connectivity index (χ1n) is 31.0. The molecule has 0 bridgehead atoms. The van der Waals surface area contributed by atoms with Crippen molar-refractivity contribution in [3.8, 4) is 0 Å². The zero-order valence-corrected chi connectivity index (χ0v) is 50.9. The molecule has 0 aromatic rings. The Hall–Kier alpha value is -1.50. The third-order valence-corrected chi connectivity index (χ3v) is 14.2. The molecule has 2 unspecified atom stereocenters. The van der Waals surface area contributed by atoms with E-state index in [9.17, 15) is 29.4 Å². The van der Waals surface area contributed by atoms with E-state index < -0.39 is 11.9 Å². The van der Waals surface area contributed by atoms with Gasteiger partial charge in [0.2, 0.25) is 0 Å². The van der Waals surface area contributed by atoms with Crippen LogP contribution in [-0.2, 0) is 48.1 Å². The van der Waals surface area contributed by atoms with Gasteiger partial charge >= 0.3 is 31.4 Å². The van der Waals surface area contributed by atoms with E-state index in [1.807, 2.05) is 0 Å². The molecule has 0 N–H and O–H groups in total. The topological polar surface area (TPSA) is 133 Å². The second-order valence-electron chi connectivity index (χ2n) is 21.3. The summed E-state index contributed by atoms with van der Waals surface area (Å²) in [5.74, 6) is -2.44. The fourth-order valence-electron chi connectivity index (χ4n) is 9.51. The Balaban J connectivity index is -0.00000128. The number of hydrogen-bond donors (Lipinski definition) is 0. The fraction of sp³-hybridized carbons (Fsp3) is 0.935. The van der Waals surface area contributed by atoms with E-state index in [2.05, 4.69) is 27.7 Å². The van der Waals surface area contributed by atoms with Crippen molar-refractivity contribution < 1.29 is 58.3 Å². The Morgan fingerprint density at radius 3 is 0.648 bits per heavy atom. The van der Waals surface area contributed by atoms with Gasteiger partial charge in [0.1, 0.15) is 12.2 Å². The molecule has 8 nitrogen and oxygen atoms in total. The Morgan fingerprint density at radius 2 is 0.451 bits per heavy atom. The van der Waals surface area contributed by atoms with Crippen molar-refractivity contribution >= 4 is 23.9 Å². The van der Waals surface area contributed by atoms with Gasteiger partial charge < -0.3 is 29.3 Å². The van der Waals surface area contributed by atoms with Crippen LogP contribution in [0.4, 0.5) is 0 Å². The molecule has 416 valence electrons. The number of carbonyl (C=O) groups excluding carboxylic acids is 4. The molecule has 0 radical (unpaired) electrons. The number of carbonyl (C=O) groups is 4. The predicted octanol–water partition coefficient (Wildman–Crippen LogP) is 17.7. The molecule has 0 aromatic heterocycles. The van der Waals surface area contributed by atoms with Gasteiger partial charge in [0, 0.05) is 24.8 Å². The average Bonchev–Trinajstić information content (AvgIpc) is 3.34. The summed E-state index contributed by atoms with van der Waals surface area (Å²) >= 11 is 0. The second kappa shape index (κ2) is 62.8. The molecule has 71 heavy (non-hydrogen) atoms. The monoisotopic (exact) mass is 1050 g/mol. The number of esters is 2. The summed E-state index contributed by atoms with van der Waals surface area (Å²) in [6.45, 7) is 9.01. The van der Waals surface area contributed by atoms with Crippen molar-refractivity contribution in [3.05, 3.63) is 0 Å². The van der Waals surface area contributed by atoms with Crippen LogP contribution in [0.3, 0.4) is 0 Å². The molecule has 2 atom stereocenters. The number of hydrogen-bond acceptors (Lipinski definition) is 8. The number of unbranched alkanes of at least 4 members (excludes halogenated alkanes) is 40. The molecule has 0 saturated carbocycles. The van der Waals surface area contributed by atoms with Crippen molar-refractivity contribution in [2.24, 2.45) is 0 Å². The molecule has 0 aliphatic carbocycles. The molecular formula is C62H118O8Zn. The molecule has 0 fully saturated rings. The Labute approximate surface area is 453 Å². The molecule has 0 aliphatic heterocycles. The van der Waals surface area contributed by atoms with E-state index in [1.165, 1.54) is 231 Å². The minimum Gasteiger partial charge on any atom is -0.550 e. The van der Waals surface area contributed by atoms with E-state index in [0.29, 0.717) is 25.7 Å². The summed E-state index contributed by atoms with van der Waals surface area (Å²) in [5.41, 5.74) is 0. The van der Waals surface area contributed by atoms with Crippen molar-refractivity contribution in [3.63, 3.8) is 0 Å². The predicted molar refractivity (Wildman–Crippen MR) is 293 cm³/mol. The number of ether oxygens (including phenoxy) is 2. The van der Waals surface area contributed by atoms with Crippen molar-refractivity contribution in [2.45, 2.75) is 374 Å². The summed E-state index contributed by atoms with van der Waals surface area (Å²) < 4.78 is 11.3. The van der Waals surface area contributed by atoms with Gasteiger partial charge in [-0.2, -0.15) is 0 Å². The molecule has 0 rings (SSSR count). The first kappa shape index (κ1) is 73.7. The normalized spacial score (nSPS) is 11.9. The van der Waals surface area contributed by atoms with Crippen LogP contribution in [-0.4, -0.2) is 36.1 Å². The zero-order valence-electron chi connectivity index (χ0n) is 47.9. The van der Waals surface area contributed by atoms with E-state index in [0.717, 1.165) is 64.2 Å².